The molecule has 0 unspecified atom stereocenters. The van der Waals surface area contributed by atoms with Gasteiger partial charge in [-0.15, -0.1) is 0 Å². The maximum absolute atomic E-state index is 11.6. The maximum atomic E-state index is 11.6. The number of carbonyl (C=O) groups excluding carboxylic acids is 2. The Morgan fingerprint density at radius 1 is 1.25 bits per heavy atom. The monoisotopic (exact) mass is 340 g/mol. The highest BCUT2D eigenvalue weighted by atomic mass is 79.9. The smallest absolute Gasteiger partial charge is 0.276 e. The van der Waals surface area contributed by atoms with E-state index in [1.807, 2.05) is 26.0 Å². The highest BCUT2D eigenvalue weighted by Crippen LogP contribution is 2.28. The Hall–Kier alpha value is -1.56. The normalized spacial score (nSPS) is 13.8. The van der Waals surface area contributed by atoms with Crippen molar-refractivity contribution in [3.63, 3.8) is 0 Å². The van der Waals surface area contributed by atoms with Crippen LogP contribution in [0.1, 0.15) is 24.0 Å². The molecule has 0 saturated heterocycles. The first kappa shape index (κ1) is 14.8. The summed E-state index contributed by atoms with van der Waals surface area (Å²) < 4.78 is 6.48. The van der Waals surface area contributed by atoms with Crippen LogP contribution >= 0.6 is 15.9 Å². The number of benzene rings is 1. The van der Waals surface area contributed by atoms with Crippen molar-refractivity contribution in [2.45, 2.75) is 26.7 Å². The molecular weight excluding hydrogens is 324 g/mol. The van der Waals surface area contributed by atoms with Gasteiger partial charge in [-0.25, -0.2) is 0 Å². The molecule has 5 nitrogen and oxygen atoms in total. The SMILES string of the molecule is Cc1cc(Br)cc(C)c1OCC(=O)NNC(=O)C1CC1. The third-order valence-corrected chi connectivity index (χ3v) is 3.50. The van der Waals surface area contributed by atoms with E-state index < -0.39 is 0 Å². The van der Waals surface area contributed by atoms with Gasteiger partial charge in [0.25, 0.3) is 5.91 Å². The average Bonchev–Trinajstić information content (AvgIpc) is 3.18. The standard InChI is InChI=1S/C14H17BrN2O3/c1-8-5-11(15)6-9(2)13(8)20-7-12(18)16-17-14(19)10-3-4-10/h5-6,10H,3-4,7H2,1-2H3,(H,16,18)(H,17,19). The third-order valence-electron chi connectivity index (χ3n) is 3.05. The van der Waals surface area contributed by atoms with Crippen LogP contribution in [0.4, 0.5) is 0 Å². The number of carbonyl (C=O) groups is 2. The fourth-order valence-electron chi connectivity index (χ4n) is 1.88. The van der Waals surface area contributed by atoms with Crippen LogP contribution in [0.2, 0.25) is 0 Å². The van der Waals surface area contributed by atoms with E-state index in [4.69, 9.17) is 4.74 Å². The molecule has 1 aromatic rings. The topological polar surface area (TPSA) is 67.4 Å². The van der Waals surface area contributed by atoms with Crippen LogP contribution < -0.4 is 15.6 Å². The summed E-state index contributed by atoms with van der Waals surface area (Å²) >= 11 is 3.41. The van der Waals surface area contributed by atoms with Crippen LogP contribution in [0.3, 0.4) is 0 Å². The molecule has 2 rings (SSSR count). The molecule has 108 valence electrons. The quantitative estimate of drug-likeness (QED) is 0.824. The Balaban J connectivity index is 1.82. The molecule has 1 aliphatic carbocycles. The number of ether oxygens (including phenoxy) is 1. The first-order valence-electron chi connectivity index (χ1n) is 6.45. The predicted octanol–water partition coefficient (Wildman–Crippen LogP) is 2.00. The van der Waals surface area contributed by atoms with Gasteiger partial charge in [0.1, 0.15) is 5.75 Å². The molecule has 0 atom stereocenters. The van der Waals surface area contributed by atoms with Crippen molar-refractivity contribution in [1.29, 1.82) is 0 Å². The molecule has 0 aromatic heterocycles. The number of hydrogen-bond donors (Lipinski definition) is 2. The molecule has 20 heavy (non-hydrogen) atoms. The molecule has 0 aliphatic heterocycles. The molecule has 2 N–H and O–H groups in total. The summed E-state index contributed by atoms with van der Waals surface area (Å²) in [5.41, 5.74) is 6.65. The largest absolute Gasteiger partial charge is 0.483 e. The van der Waals surface area contributed by atoms with Gasteiger partial charge in [0, 0.05) is 10.4 Å². The Kier molecular flexibility index (Phi) is 4.65. The molecule has 1 aliphatic rings. The number of amides is 2. The van der Waals surface area contributed by atoms with E-state index in [1.165, 1.54) is 0 Å². The Morgan fingerprint density at radius 3 is 2.40 bits per heavy atom. The van der Waals surface area contributed by atoms with Crippen molar-refractivity contribution in [3.05, 3.63) is 27.7 Å². The molecule has 1 saturated carbocycles. The van der Waals surface area contributed by atoms with Crippen LogP contribution in [-0.4, -0.2) is 18.4 Å². The van der Waals surface area contributed by atoms with Crippen molar-refractivity contribution in [1.82, 2.24) is 10.9 Å². The van der Waals surface area contributed by atoms with E-state index in [2.05, 4.69) is 26.8 Å². The maximum Gasteiger partial charge on any atom is 0.276 e. The number of rotatable bonds is 4. The Labute approximate surface area is 126 Å². The van der Waals surface area contributed by atoms with Crippen molar-refractivity contribution < 1.29 is 14.3 Å². The summed E-state index contributed by atoms with van der Waals surface area (Å²) in [5, 5.41) is 0. The zero-order valence-corrected chi connectivity index (χ0v) is 13.0. The summed E-state index contributed by atoms with van der Waals surface area (Å²) in [6.45, 7) is 3.70. The lowest BCUT2D eigenvalue weighted by Crippen LogP contribution is -2.44. The summed E-state index contributed by atoms with van der Waals surface area (Å²) in [7, 11) is 0. The van der Waals surface area contributed by atoms with E-state index in [0.29, 0.717) is 5.75 Å². The van der Waals surface area contributed by atoms with Crippen LogP contribution in [0, 0.1) is 19.8 Å². The van der Waals surface area contributed by atoms with Gasteiger partial charge in [0.2, 0.25) is 5.91 Å². The van der Waals surface area contributed by atoms with Crippen LogP contribution in [0.15, 0.2) is 16.6 Å². The fraction of sp³-hybridized carbons (Fsp3) is 0.429. The van der Waals surface area contributed by atoms with Crippen LogP contribution in [-0.2, 0) is 9.59 Å². The molecule has 0 spiro atoms. The summed E-state index contributed by atoms with van der Waals surface area (Å²) in [6, 6.07) is 3.85. The van der Waals surface area contributed by atoms with E-state index in [1.54, 1.807) is 0 Å². The second-order valence-electron chi connectivity index (χ2n) is 4.97. The van der Waals surface area contributed by atoms with Gasteiger partial charge in [-0.1, -0.05) is 15.9 Å². The minimum atomic E-state index is -0.374. The van der Waals surface area contributed by atoms with Gasteiger partial charge >= 0.3 is 0 Å². The highest BCUT2D eigenvalue weighted by molar-refractivity contribution is 9.10. The number of aryl methyl sites for hydroxylation is 2. The molecular formula is C14H17BrN2O3. The third kappa shape index (κ3) is 3.96. The predicted molar refractivity (Wildman–Crippen MR) is 78.1 cm³/mol. The lowest BCUT2D eigenvalue weighted by molar-refractivity contribution is -0.130. The zero-order chi connectivity index (χ0) is 14.7. The van der Waals surface area contributed by atoms with E-state index in [9.17, 15) is 9.59 Å². The molecule has 2 amide bonds. The Morgan fingerprint density at radius 2 is 1.85 bits per heavy atom. The summed E-state index contributed by atoms with van der Waals surface area (Å²) in [5.74, 6) is 0.249. The minimum Gasteiger partial charge on any atom is -0.483 e. The van der Waals surface area contributed by atoms with Gasteiger partial charge in [-0.2, -0.15) is 0 Å². The zero-order valence-electron chi connectivity index (χ0n) is 11.5. The van der Waals surface area contributed by atoms with Crippen molar-refractivity contribution in [2.24, 2.45) is 5.92 Å². The van der Waals surface area contributed by atoms with E-state index in [0.717, 1.165) is 28.4 Å². The summed E-state index contributed by atoms with van der Waals surface area (Å²) in [4.78, 5) is 23.0. The molecule has 6 heteroatoms. The lowest BCUT2D eigenvalue weighted by Gasteiger charge is -2.13. The van der Waals surface area contributed by atoms with E-state index in [-0.39, 0.29) is 24.3 Å². The van der Waals surface area contributed by atoms with Crippen molar-refractivity contribution >= 4 is 27.7 Å². The van der Waals surface area contributed by atoms with Crippen LogP contribution in [0.25, 0.3) is 0 Å². The first-order chi connectivity index (χ1) is 9.47. The second-order valence-corrected chi connectivity index (χ2v) is 5.88. The first-order valence-corrected chi connectivity index (χ1v) is 7.25. The van der Waals surface area contributed by atoms with Crippen LogP contribution in [0.5, 0.6) is 5.75 Å². The number of hydrazine groups is 1. The highest BCUT2D eigenvalue weighted by Gasteiger charge is 2.29. The van der Waals surface area contributed by atoms with Gasteiger partial charge in [-0.3, -0.25) is 20.4 Å². The minimum absolute atomic E-state index is 0.0622. The van der Waals surface area contributed by atoms with Crippen molar-refractivity contribution in [3.8, 4) is 5.75 Å². The number of hydrogen-bond acceptors (Lipinski definition) is 3. The molecule has 1 fully saturated rings. The van der Waals surface area contributed by atoms with Gasteiger partial charge in [0.05, 0.1) is 0 Å². The van der Waals surface area contributed by atoms with E-state index >= 15 is 0 Å². The molecule has 0 bridgehead atoms. The van der Waals surface area contributed by atoms with Gasteiger partial charge < -0.3 is 4.74 Å². The number of halogens is 1. The number of nitrogens with one attached hydrogen (secondary N) is 2. The molecule has 1 aromatic carbocycles. The summed E-state index contributed by atoms with van der Waals surface area (Å²) in [6.07, 6.45) is 1.80. The van der Waals surface area contributed by atoms with Crippen molar-refractivity contribution in [2.75, 3.05) is 6.61 Å². The fourth-order valence-corrected chi connectivity index (χ4v) is 2.56. The second kappa shape index (κ2) is 6.26. The lowest BCUT2D eigenvalue weighted by atomic mass is 10.1. The average molecular weight is 341 g/mol. The van der Waals surface area contributed by atoms with Gasteiger partial charge in [-0.05, 0) is 49.9 Å². The molecule has 0 radical (unpaired) electrons. The van der Waals surface area contributed by atoms with Gasteiger partial charge in [0.15, 0.2) is 6.61 Å². The molecule has 0 heterocycles. The Bertz CT molecular complexity index is 518.